The molecule has 1 atom stereocenters. The summed E-state index contributed by atoms with van der Waals surface area (Å²) in [5.41, 5.74) is 2.14. The van der Waals surface area contributed by atoms with Gasteiger partial charge in [0.2, 0.25) is 5.91 Å². The number of aryl methyl sites for hydroxylation is 1. The van der Waals surface area contributed by atoms with Crippen molar-refractivity contribution < 1.29 is 14.4 Å². The third-order valence-electron chi connectivity index (χ3n) is 4.62. The van der Waals surface area contributed by atoms with Crippen LogP contribution in [-0.2, 0) is 22.4 Å². The van der Waals surface area contributed by atoms with Gasteiger partial charge in [0.25, 0.3) is 5.91 Å². The second kappa shape index (κ2) is 9.37. The molecule has 0 radical (unpaired) electrons. The Morgan fingerprint density at radius 1 is 1.00 bits per heavy atom. The molecule has 0 bridgehead atoms. The molecule has 4 amide bonds. The number of imide groups is 1. The van der Waals surface area contributed by atoms with Crippen LogP contribution in [0.5, 0.6) is 0 Å². The largest absolute Gasteiger partial charge is 0.354 e. The fraction of sp³-hybridized carbons (Fsp3) is 0.286. The SMILES string of the molecule is O=C(CN1C(=O)N[C@H](CCc2ccccc2)C1=O)NCCc1ccc(Cl)cc1. The van der Waals surface area contributed by atoms with Crippen molar-refractivity contribution in [2.24, 2.45) is 0 Å². The molecule has 2 aromatic rings. The Labute approximate surface area is 168 Å². The van der Waals surface area contributed by atoms with Crippen LogP contribution in [-0.4, -0.2) is 41.9 Å². The number of hydrogen-bond donors (Lipinski definition) is 2. The Hall–Kier alpha value is -2.86. The van der Waals surface area contributed by atoms with Crippen LogP contribution in [0.4, 0.5) is 4.79 Å². The van der Waals surface area contributed by atoms with Crippen LogP contribution >= 0.6 is 11.6 Å². The minimum Gasteiger partial charge on any atom is -0.354 e. The van der Waals surface area contributed by atoms with Crippen LogP contribution < -0.4 is 10.6 Å². The summed E-state index contributed by atoms with van der Waals surface area (Å²) in [5.74, 6) is -0.713. The van der Waals surface area contributed by atoms with Gasteiger partial charge in [-0.05, 0) is 42.5 Å². The van der Waals surface area contributed by atoms with E-state index in [-0.39, 0.29) is 18.4 Å². The third-order valence-corrected chi connectivity index (χ3v) is 4.87. The Morgan fingerprint density at radius 3 is 2.39 bits per heavy atom. The second-order valence-corrected chi connectivity index (χ2v) is 7.11. The summed E-state index contributed by atoms with van der Waals surface area (Å²) in [7, 11) is 0. The van der Waals surface area contributed by atoms with Gasteiger partial charge in [0.1, 0.15) is 12.6 Å². The van der Waals surface area contributed by atoms with Gasteiger partial charge in [0, 0.05) is 11.6 Å². The Kier molecular flexibility index (Phi) is 6.66. The van der Waals surface area contributed by atoms with Gasteiger partial charge in [-0.15, -0.1) is 0 Å². The molecule has 1 heterocycles. The van der Waals surface area contributed by atoms with Crippen molar-refractivity contribution in [1.82, 2.24) is 15.5 Å². The van der Waals surface area contributed by atoms with E-state index in [2.05, 4.69) is 10.6 Å². The average molecular weight is 400 g/mol. The molecular weight excluding hydrogens is 378 g/mol. The van der Waals surface area contributed by atoms with Gasteiger partial charge in [0.05, 0.1) is 0 Å². The lowest BCUT2D eigenvalue weighted by molar-refractivity contribution is -0.132. The van der Waals surface area contributed by atoms with E-state index in [4.69, 9.17) is 11.6 Å². The van der Waals surface area contributed by atoms with E-state index >= 15 is 0 Å². The topological polar surface area (TPSA) is 78.5 Å². The van der Waals surface area contributed by atoms with Crippen LogP contribution in [0, 0.1) is 0 Å². The summed E-state index contributed by atoms with van der Waals surface area (Å²) < 4.78 is 0. The molecule has 3 rings (SSSR count). The first-order chi connectivity index (χ1) is 13.5. The first-order valence-electron chi connectivity index (χ1n) is 9.20. The zero-order valence-electron chi connectivity index (χ0n) is 15.4. The van der Waals surface area contributed by atoms with Crippen LogP contribution in [0.25, 0.3) is 0 Å². The molecule has 2 aromatic carbocycles. The first kappa shape index (κ1) is 19.9. The average Bonchev–Trinajstić information content (AvgIpc) is 2.96. The number of amides is 4. The number of halogens is 1. The quantitative estimate of drug-likeness (QED) is 0.669. The summed E-state index contributed by atoms with van der Waals surface area (Å²) in [6, 6.07) is 16.0. The maximum Gasteiger partial charge on any atom is 0.325 e. The lowest BCUT2D eigenvalue weighted by Crippen LogP contribution is -2.41. The molecule has 28 heavy (non-hydrogen) atoms. The van der Waals surface area contributed by atoms with E-state index in [9.17, 15) is 14.4 Å². The predicted molar refractivity (Wildman–Crippen MR) is 107 cm³/mol. The Bertz CT molecular complexity index is 840. The summed E-state index contributed by atoms with van der Waals surface area (Å²) in [5, 5.41) is 6.06. The molecule has 1 saturated heterocycles. The van der Waals surface area contributed by atoms with Crippen molar-refractivity contribution >= 4 is 29.4 Å². The number of rotatable bonds is 8. The monoisotopic (exact) mass is 399 g/mol. The molecule has 146 valence electrons. The maximum atomic E-state index is 12.4. The number of nitrogens with zero attached hydrogens (tertiary/aromatic N) is 1. The van der Waals surface area contributed by atoms with Crippen molar-refractivity contribution in [3.8, 4) is 0 Å². The van der Waals surface area contributed by atoms with Gasteiger partial charge >= 0.3 is 6.03 Å². The van der Waals surface area contributed by atoms with Crippen LogP contribution in [0.2, 0.25) is 5.02 Å². The standard InChI is InChI=1S/C21H22ClN3O3/c22-17-9-6-16(7-10-17)12-13-23-19(26)14-25-20(27)18(24-21(25)28)11-8-15-4-2-1-3-5-15/h1-7,9-10,18H,8,11-14H2,(H,23,26)(H,24,28)/t18-/m1/s1. The second-order valence-electron chi connectivity index (χ2n) is 6.68. The van der Waals surface area contributed by atoms with E-state index in [1.807, 2.05) is 42.5 Å². The lowest BCUT2D eigenvalue weighted by Gasteiger charge is -2.13. The van der Waals surface area contributed by atoms with Crippen molar-refractivity contribution in [3.63, 3.8) is 0 Å². The van der Waals surface area contributed by atoms with Gasteiger partial charge in [-0.3, -0.25) is 14.5 Å². The molecule has 1 aliphatic heterocycles. The molecule has 1 aliphatic rings. The molecule has 0 aromatic heterocycles. The Balaban J connectivity index is 1.44. The number of hydrogen-bond acceptors (Lipinski definition) is 3. The lowest BCUT2D eigenvalue weighted by atomic mass is 10.1. The zero-order chi connectivity index (χ0) is 19.9. The molecule has 0 spiro atoms. The molecule has 0 saturated carbocycles. The van der Waals surface area contributed by atoms with Crippen LogP contribution in [0.1, 0.15) is 17.5 Å². The van der Waals surface area contributed by atoms with E-state index in [1.54, 1.807) is 12.1 Å². The van der Waals surface area contributed by atoms with Crippen LogP contribution in [0.15, 0.2) is 54.6 Å². The molecular formula is C21H22ClN3O3. The minimum absolute atomic E-state index is 0.271. The van der Waals surface area contributed by atoms with Crippen molar-refractivity contribution in [1.29, 1.82) is 0 Å². The number of nitrogens with one attached hydrogen (secondary N) is 2. The fourth-order valence-corrected chi connectivity index (χ4v) is 3.20. The van der Waals surface area contributed by atoms with E-state index in [0.717, 1.165) is 16.0 Å². The summed E-state index contributed by atoms with van der Waals surface area (Å²) in [6.45, 7) is 0.147. The number of benzene rings is 2. The molecule has 6 nitrogen and oxygen atoms in total. The van der Waals surface area contributed by atoms with Crippen molar-refractivity contribution in [3.05, 3.63) is 70.7 Å². The normalized spacial score (nSPS) is 16.2. The highest BCUT2D eigenvalue weighted by Gasteiger charge is 2.38. The predicted octanol–water partition coefficient (Wildman–Crippen LogP) is 2.55. The van der Waals surface area contributed by atoms with Gasteiger partial charge < -0.3 is 10.6 Å². The number of carbonyl (C=O) groups is 3. The van der Waals surface area contributed by atoms with Crippen molar-refractivity contribution in [2.75, 3.05) is 13.1 Å². The number of urea groups is 1. The highest BCUT2D eigenvalue weighted by atomic mass is 35.5. The van der Waals surface area contributed by atoms with Gasteiger partial charge in [-0.25, -0.2) is 4.79 Å². The summed E-state index contributed by atoms with van der Waals surface area (Å²) in [4.78, 5) is 37.6. The van der Waals surface area contributed by atoms with Crippen molar-refractivity contribution in [2.45, 2.75) is 25.3 Å². The molecule has 1 fully saturated rings. The first-order valence-corrected chi connectivity index (χ1v) is 9.57. The molecule has 7 heteroatoms. The minimum atomic E-state index is -0.588. The Morgan fingerprint density at radius 2 is 1.68 bits per heavy atom. The third kappa shape index (κ3) is 5.33. The summed E-state index contributed by atoms with van der Waals surface area (Å²) >= 11 is 5.84. The van der Waals surface area contributed by atoms with Crippen LogP contribution in [0.3, 0.4) is 0 Å². The van der Waals surface area contributed by atoms with Gasteiger partial charge in [-0.2, -0.15) is 0 Å². The molecule has 2 N–H and O–H groups in total. The zero-order valence-corrected chi connectivity index (χ0v) is 16.1. The van der Waals surface area contributed by atoms with E-state index in [1.165, 1.54) is 0 Å². The van der Waals surface area contributed by atoms with E-state index < -0.39 is 12.1 Å². The summed E-state index contributed by atoms with van der Waals surface area (Å²) in [6.07, 6.45) is 1.82. The van der Waals surface area contributed by atoms with Gasteiger partial charge in [-0.1, -0.05) is 54.1 Å². The molecule has 0 aliphatic carbocycles. The maximum absolute atomic E-state index is 12.4. The van der Waals surface area contributed by atoms with Gasteiger partial charge in [0.15, 0.2) is 0 Å². The smallest absolute Gasteiger partial charge is 0.325 e. The highest BCUT2D eigenvalue weighted by molar-refractivity contribution is 6.30. The highest BCUT2D eigenvalue weighted by Crippen LogP contribution is 2.13. The molecule has 0 unspecified atom stereocenters. The fourth-order valence-electron chi connectivity index (χ4n) is 3.07. The van der Waals surface area contributed by atoms with E-state index in [0.29, 0.717) is 30.8 Å². The number of carbonyl (C=O) groups excluding carboxylic acids is 3.